The van der Waals surface area contributed by atoms with Crippen molar-refractivity contribution in [2.24, 2.45) is 0 Å². The van der Waals surface area contributed by atoms with Crippen molar-refractivity contribution in [3.05, 3.63) is 625 Å². The van der Waals surface area contributed by atoms with E-state index >= 15 is 0 Å². The van der Waals surface area contributed by atoms with Crippen LogP contribution in [0.1, 0.15) is 66.8 Å². The number of benzene rings is 29. The molecule has 0 fully saturated rings. The normalized spacial score (nSPS) is 12.1. The van der Waals surface area contributed by atoms with Crippen molar-refractivity contribution in [3.63, 3.8) is 0 Å². The fraction of sp³-hybridized carbons (Fsp3) is 0.0400. The number of hydrogen-bond donors (Lipinski definition) is 0. The molecule has 0 N–H and O–H groups in total. The molecule has 0 atom stereocenters. The topological polar surface area (TPSA) is 0 Å². The van der Waals surface area contributed by atoms with Crippen LogP contribution >= 0.6 is 0 Å². The molecule has 704 valence electrons. The smallest absolute Gasteiger partial charge is 0.000718 e. The third-order valence-corrected chi connectivity index (χ3v) is 31.8. The quantitative estimate of drug-likeness (QED) is 0.105. The molecule has 0 heteroatoms. The first-order valence-electron chi connectivity index (χ1n) is 52.7. The maximum atomic E-state index is 2.44. The van der Waals surface area contributed by atoms with Gasteiger partial charge in [-0.1, -0.05) is 528 Å². The molecular weight excluding hydrogens is 1800 g/mol. The van der Waals surface area contributed by atoms with Gasteiger partial charge in [0.15, 0.2) is 0 Å². The van der Waals surface area contributed by atoms with Crippen LogP contribution < -0.4 is 0 Å². The van der Waals surface area contributed by atoms with Crippen molar-refractivity contribution in [1.29, 1.82) is 0 Å². The van der Waals surface area contributed by atoms with Crippen LogP contribution in [-0.2, 0) is 38.5 Å². The molecule has 0 nitrogen and oxygen atoms in total. The monoisotopic (exact) mass is 1900 g/mol. The summed E-state index contributed by atoms with van der Waals surface area (Å²) in [6, 6.07) is 201. The van der Waals surface area contributed by atoms with E-state index in [0.717, 1.165) is 38.5 Å². The summed E-state index contributed by atoms with van der Waals surface area (Å²) in [6.07, 6.45) is 6.56. The summed E-state index contributed by atoms with van der Waals surface area (Å²) in [6.45, 7) is 0. The predicted octanol–water partition coefficient (Wildman–Crippen LogP) is 40.2. The van der Waals surface area contributed by atoms with E-state index in [9.17, 15) is 0 Å². The van der Waals surface area contributed by atoms with E-state index in [1.807, 2.05) is 0 Å². The minimum Gasteiger partial charge on any atom is -0.0619 e. The molecule has 0 bridgehead atoms. The minimum atomic E-state index is 1.09. The summed E-state index contributed by atoms with van der Waals surface area (Å²) < 4.78 is 0. The van der Waals surface area contributed by atoms with Crippen molar-refractivity contribution in [2.75, 3.05) is 0 Å². The Kier molecular flexibility index (Phi) is 23.6. The van der Waals surface area contributed by atoms with Crippen molar-refractivity contribution < 1.29 is 0 Å². The lowest BCUT2D eigenvalue weighted by molar-refractivity contribution is 1.16. The van der Waals surface area contributed by atoms with Crippen LogP contribution in [0, 0.1) is 0 Å². The van der Waals surface area contributed by atoms with E-state index in [-0.39, 0.29) is 0 Å². The molecular formula is C150H104. The van der Waals surface area contributed by atoms with Gasteiger partial charge in [-0.05, 0) is 353 Å². The van der Waals surface area contributed by atoms with Crippen molar-refractivity contribution >= 4 is 151 Å². The van der Waals surface area contributed by atoms with E-state index in [1.165, 1.54) is 273 Å². The zero-order chi connectivity index (χ0) is 99.3. The second kappa shape index (κ2) is 39.3. The Morgan fingerprint density at radius 1 is 0.0933 bits per heavy atom. The summed E-state index contributed by atoms with van der Waals surface area (Å²) in [7, 11) is 0. The first-order valence-corrected chi connectivity index (χ1v) is 52.7. The van der Waals surface area contributed by atoms with Gasteiger partial charge in [0, 0.05) is 0 Å². The molecule has 6 aliphatic rings. The Hall–Kier alpha value is -18.7. The maximum Gasteiger partial charge on any atom is -0.000718 e. The molecule has 0 heterocycles. The Morgan fingerprint density at radius 2 is 0.327 bits per heavy atom. The highest BCUT2D eigenvalue weighted by Gasteiger charge is 2.31. The van der Waals surface area contributed by atoms with Crippen LogP contribution in [-0.4, -0.2) is 0 Å². The lowest BCUT2D eigenvalue weighted by Gasteiger charge is -2.09. The first kappa shape index (κ1) is 90.1. The molecule has 0 unspecified atom stereocenters. The van der Waals surface area contributed by atoms with Gasteiger partial charge in [0.2, 0.25) is 0 Å². The lowest BCUT2D eigenvalue weighted by atomic mass is 9.95. The van der Waals surface area contributed by atoms with Crippen LogP contribution in [0.5, 0.6) is 0 Å². The van der Waals surface area contributed by atoms with Gasteiger partial charge in [-0.25, -0.2) is 0 Å². The predicted molar refractivity (Wildman–Crippen MR) is 644 cm³/mol. The highest BCUT2D eigenvalue weighted by Crippen LogP contribution is 2.51. The Bertz CT molecular complexity index is 9700. The van der Waals surface area contributed by atoms with Gasteiger partial charge < -0.3 is 0 Å². The Morgan fingerprint density at radius 3 is 0.707 bits per heavy atom. The van der Waals surface area contributed by atoms with Crippen molar-refractivity contribution in [2.45, 2.75) is 38.5 Å². The SMILES string of the molecule is c1cc2ccc3cccc4ccc(c1)c2c34.c1ccc2c(c1)Cc1c-2ccc2c1-c1ccccc1C2.c1ccc2c(c1)Cc1c-2ccc2c1Cc1ccccc1-2.c1ccc2c(c1)Cc1cc3c(cc1-2)-c1ccccc1C3.c1ccc2c(c1)ccc1ccc3ccccc3c12.c1ccc2c(c1)ccc1ccccc12.c1ccc2cc3c(ccc4ccccc43)cc2c1.c1ccc2cc3ccccc3cc2c1.c1ccc2ccccc2c1. The van der Waals surface area contributed by atoms with Crippen LogP contribution in [0.4, 0.5) is 0 Å². The molecule has 0 spiro atoms. The average molecular weight is 1910 g/mol. The van der Waals surface area contributed by atoms with Crippen molar-refractivity contribution in [3.8, 4) is 66.8 Å². The van der Waals surface area contributed by atoms with Gasteiger partial charge in [-0.15, -0.1) is 0 Å². The molecule has 0 amide bonds. The zero-order valence-corrected chi connectivity index (χ0v) is 83.4. The molecule has 0 radical (unpaired) electrons. The van der Waals surface area contributed by atoms with E-state index in [0.29, 0.717) is 0 Å². The molecule has 29 aromatic rings. The molecule has 35 rings (SSSR count). The van der Waals surface area contributed by atoms with E-state index in [1.54, 1.807) is 11.1 Å². The van der Waals surface area contributed by atoms with Crippen LogP contribution in [0.15, 0.2) is 558 Å². The second-order valence-corrected chi connectivity index (χ2v) is 40.5. The molecule has 6 aliphatic carbocycles. The highest BCUT2D eigenvalue weighted by molar-refractivity contribution is 6.24. The Labute approximate surface area is 874 Å². The molecule has 0 aliphatic heterocycles. The average Bonchev–Trinajstić information content (AvgIpc) is 1.25. The summed E-state index contributed by atoms with van der Waals surface area (Å²) in [5.74, 6) is 0. The van der Waals surface area contributed by atoms with Crippen LogP contribution in [0.2, 0.25) is 0 Å². The fourth-order valence-corrected chi connectivity index (χ4v) is 24.6. The lowest BCUT2D eigenvalue weighted by Crippen LogP contribution is -1.90. The summed E-state index contributed by atoms with van der Waals surface area (Å²) in [5.41, 5.74) is 35.3. The van der Waals surface area contributed by atoms with E-state index in [2.05, 4.69) is 558 Å². The summed E-state index contributed by atoms with van der Waals surface area (Å²) >= 11 is 0. The highest BCUT2D eigenvalue weighted by atomic mass is 14.3. The third-order valence-electron chi connectivity index (χ3n) is 31.8. The van der Waals surface area contributed by atoms with Gasteiger partial charge in [-0.2, -0.15) is 0 Å². The van der Waals surface area contributed by atoms with E-state index in [4.69, 9.17) is 0 Å². The van der Waals surface area contributed by atoms with Crippen LogP contribution in [0.25, 0.3) is 218 Å². The molecule has 0 saturated heterocycles. The van der Waals surface area contributed by atoms with Gasteiger partial charge in [0.1, 0.15) is 0 Å². The zero-order valence-electron chi connectivity index (χ0n) is 83.4. The molecule has 150 heavy (non-hydrogen) atoms. The van der Waals surface area contributed by atoms with Gasteiger partial charge >= 0.3 is 0 Å². The van der Waals surface area contributed by atoms with Gasteiger partial charge in [0.05, 0.1) is 0 Å². The summed E-state index contributed by atoms with van der Waals surface area (Å²) in [5, 5.41) is 37.2. The minimum absolute atomic E-state index is 1.09. The number of fused-ring (bicyclic) bond motifs is 35. The molecule has 0 saturated carbocycles. The third kappa shape index (κ3) is 17.0. The van der Waals surface area contributed by atoms with Gasteiger partial charge in [0.25, 0.3) is 0 Å². The standard InChI is InChI=1S/3C20H14.2C18H12.C16H10.2C14H10.C10H8/c1-3-7-16-14(6-1)12-19-18(16)10-9-15-11-13-5-2-4-8-17(13)20(15)19;1-3-7-17-13(5-1)9-15-11-16-10-14-6-2-4-8-18(14)20(16)12-19(15)17;1-3-7-15-13(5-1)11-19-17(15)9-10-18-16-8-4-2-6-14(16)12-20(18)19;1-3-7-16-13(5-1)9-11-15-12-10-14-6-2-4-8-17(14)18(15)16;1-2-7-15-12-18-16(11-14(15)6-1)10-9-13-5-3-4-8-17(13)18;1-3-11-7-9-13-5-2-6-14-10-8-12(4-1)15(11)16(13)14;1-3-7-13-11(5-1)9-10-12-6-2-4-8-14(12)13;1-2-6-12-10-14-8-4-3-7-13(14)9-11(12)5-1;1-2-6-10-8-4-3-7-9(10)5-1/h1-10H,11-12H2;1-8,11-12H,9-10H2;1-10H,11-12H2;2*1-12H;1-10H;2*1-10H;1-8H. The van der Waals surface area contributed by atoms with Crippen molar-refractivity contribution in [1.82, 2.24) is 0 Å². The van der Waals surface area contributed by atoms with Crippen LogP contribution in [0.3, 0.4) is 0 Å². The number of hydrogen-bond acceptors (Lipinski definition) is 0. The number of rotatable bonds is 0. The fourth-order valence-electron chi connectivity index (χ4n) is 24.6. The molecule has 29 aromatic carbocycles. The maximum absolute atomic E-state index is 2.44. The second-order valence-electron chi connectivity index (χ2n) is 40.5. The molecule has 0 aromatic heterocycles. The van der Waals surface area contributed by atoms with E-state index < -0.39 is 0 Å². The first-order chi connectivity index (χ1) is 74.4. The Balaban J connectivity index is 0.0000000835. The largest absolute Gasteiger partial charge is 0.0619 e. The summed E-state index contributed by atoms with van der Waals surface area (Å²) in [4.78, 5) is 0. The van der Waals surface area contributed by atoms with Gasteiger partial charge in [-0.3, -0.25) is 0 Å².